The average Bonchev–Trinajstić information content (AvgIpc) is 2.79. The molecular weight excluding hydrogens is 394 g/mol. The monoisotopic (exact) mass is 425 g/mol. The number of thioether (sulfide) groups is 1. The molecule has 1 aliphatic heterocycles. The minimum atomic E-state index is -0.562. The van der Waals surface area contributed by atoms with Gasteiger partial charge in [0.25, 0.3) is 0 Å². The molecule has 1 N–H and O–H groups in total. The van der Waals surface area contributed by atoms with Gasteiger partial charge in [0.05, 0.1) is 17.1 Å². The Balaban J connectivity index is 1.58. The van der Waals surface area contributed by atoms with E-state index in [-0.39, 0.29) is 17.9 Å². The SMILES string of the molecule is CSc1ccccc1NC(=O)C(C)N1CCN(C(=O)C(C)(C)c2ccccc2)CC1. The Morgan fingerprint density at radius 1 is 0.967 bits per heavy atom. The van der Waals surface area contributed by atoms with E-state index < -0.39 is 5.41 Å². The zero-order chi connectivity index (χ0) is 21.7. The van der Waals surface area contributed by atoms with Crippen LogP contribution in [0, 0.1) is 0 Å². The molecule has 2 aromatic rings. The van der Waals surface area contributed by atoms with Gasteiger partial charge in [-0.15, -0.1) is 11.8 Å². The van der Waals surface area contributed by atoms with Crippen molar-refractivity contribution in [3.63, 3.8) is 0 Å². The van der Waals surface area contributed by atoms with Gasteiger partial charge in [0.2, 0.25) is 11.8 Å². The number of piperazine rings is 1. The fraction of sp³-hybridized carbons (Fsp3) is 0.417. The Morgan fingerprint density at radius 3 is 2.20 bits per heavy atom. The molecule has 0 saturated carbocycles. The molecule has 160 valence electrons. The Kier molecular flexibility index (Phi) is 7.21. The van der Waals surface area contributed by atoms with Crippen molar-refractivity contribution in [2.75, 3.05) is 37.8 Å². The van der Waals surface area contributed by atoms with E-state index in [2.05, 4.69) is 10.2 Å². The molecule has 1 atom stereocenters. The first-order chi connectivity index (χ1) is 14.3. The van der Waals surface area contributed by atoms with E-state index in [4.69, 9.17) is 0 Å². The van der Waals surface area contributed by atoms with Crippen LogP contribution >= 0.6 is 11.8 Å². The van der Waals surface area contributed by atoms with Gasteiger partial charge >= 0.3 is 0 Å². The molecule has 0 spiro atoms. The van der Waals surface area contributed by atoms with Crippen molar-refractivity contribution in [3.8, 4) is 0 Å². The zero-order valence-electron chi connectivity index (χ0n) is 18.2. The molecule has 5 nitrogen and oxygen atoms in total. The second-order valence-corrected chi connectivity index (χ2v) is 9.03. The highest BCUT2D eigenvalue weighted by molar-refractivity contribution is 7.98. The minimum Gasteiger partial charge on any atom is -0.339 e. The van der Waals surface area contributed by atoms with Gasteiger partial charge in [-0.1, -0.05) is 42.5 Å². The van der Waals surface area contributed by atoms with Gasteiger partial charge in [-0.25, -0.2) is 0 Å². The lowest BCUT2D eigenvalue weighted by atomic mass is 9.83. The third kappa shape index (κ3) is 4.87. The summed E-state index contributed by atoms with van der Waals surface area (Å²) < 4.78 is 0. The van der Waals surface area contributed by atoms with Crippen molar-refractivity contribution in [2.45, 2.75) is 37.1 Å². The topological polar surface area (TPSA) is 52.7 Å². The van der Waals surface area contributed by atoms with E-state index in [9.17, 15) is 9.59 Å². The fourth-order valence-corrected chi connectivity index (χ4v) is 4.39. The van der Waals surface area contributed by atoms with E-state index in [1.165, 1.54) is 0 Å². The lowest BCUT2D eigenvalue weighted by molar-refractivity contribution is -0.138. The molecule has 2 aromatic carbocycles. The molecule has 0 aromatic heterocycles. The van der Waals surface area contributed by atoms with E-state index in [0.29, 0.717) is 26.2 Å². The van der Waals surface area contributed by atoms with Crippen LogP contribution in [0.2, 0.25) is 0 Å². The first-order valence-electron chi connectivity index (χ1n) is 10.4. The lowest BCUT2D eigenvalue weighted by Crippen LogP contribution is -2.56. The van der Waals surface area contributed by atoms with Gasteiger partial charge < -0.3 is 10.2 Å². The molecule has 1 unspecified atom stereocenters. The van der Waals surface area contributed by atoms with E-state index in [0.717, 1.165) is 16.1 Å². The van der Waals surface area contributed by atoms with Crippen molar-refractivity contribution in [3.05, 3.63) is 60.2 Å². The number of nitrogens with zero attached hydrogens (tertiary/aromatic N) is 2. The van der Waals surface area contributed by atoms with Crippen molar-refractivity contribution < 1.29 is 9.59 Å². The smallest absolute Gasteiger partial charge is 0.241 e. The van der Waals surface area contributed by atoms with Gasteiger partial charge in [-0.2, -0.15) is 0 Å². The average molecular weight is 426 g/mol. The largest absolute Gasteiger partial charge is 0.339 e. The van der Waals surface area contributed by atoms with Crippen molar-refractivity contribution in [1.29, 1.82) is 0 Å². The fourth-order valence-electron chi connectivity index (χ4n) is 3.84. The molecule has 0 bridgehead atoms. The molecule has 3 rings (SSSR count). The second kappa shape index (κ2) is 9.67. The first kappa shape index (κ1) is 22.4. The standard InChI is InChI=1S/C24H31N3O2S/c1-18(22(28)25-20-12-8-9-13-21(20)30-4)26-14-16-27(17-15-26)23(29)24(2,3)19-10-6-5-7-11-19/h5-13,18H,14-17H2,1-4H3,(H,25,28). The minimum absolute atomic E-state index is 0.0131. The Bertz CT molecular complexity index is 877. The Hall–Kier alpha value is -2.31. The zero-order valence-corrected chi connectivity index (χ0v) is 19.0. The summed E-state index contributed by atoms with van der Waals surface area (Å²) in [5.41, 5.74) is 1.31. The van der Waals surface area contributed by atoms with Crippen LogP contribution in [0.3, 0.4) is 0 Å². The number of carbonyl (C=O) groups is 2. The maximum Gasteiger partial charge on any atom is 0.241 e. The highest BCUT2D eigenvalue weighted by Gasteiger charge is 2.36. The van der Waals surface area contributed by atoms with Crippen LogP contribution in [-0.4, -0.2) is 60.1 Å². The van der Waals surface area contributed by atoms with Gasteiger partial charge in [0.15, 0.2) is 0 Å². The summed E-state index contributed by atoms with van der Waals surface area (Å²) in [6, 6.07) is 17.5. The van der Waals surface area contributed by atoms with Crippen molar-refractivity contribution in [2.24, 2.45) is 0 Å². The quantitative estimate of drug-likeness (QED) is 0.714. The highest BCUT2D eigenvalue weighted by atomic mass is 32.2. The summed E-state index contributed by atoms with van der Waals surface area (Å²) in [4.78, 5) is 31.1. The van der Waals surface area contributed by atoms with E-state index in [1.54, 1.807) is 11.8 Å². The van der Waals surface area contributed by atoms with Gasteiger partial charge in [-0.05, 0) is 44.7 Å². The van der Waals surface area contributed by atoms with Crippen molar-refractivity contribution >= 4 is 29.3 Å². The van der Waals surface area contributed by atoms with Crippen LogP contribution in [0.25, 0.3) is 0 Å². The number of para-hydroxylation sites is 1. The summed E-state index contributed by atoms with van der Waals surface area (Å²) in [7, 11) is 0. The molecule has 6 heteroatoms. The molecule has 1 heterocycles. The maximum atomic E-state index is 13.2. The van der Waals surface area contributed by atoms with Crippen LogP contribution in [0.4, 0.5) is 5.69 Å². The Morgan fingerprint density at radius 2 is 1.57 bits per heavy atom. The van der Waals surface area contributed by atoms with Gasteiger partial charge in [0, 0.05) is 31.1 Å². The predicted molar refractivity (Wildman–Crippen MR) is 124 cm³/mol. The van der Waals surface area contributed by atoms with Crippen molar-refractivity contribution in [1.82, 2.24) is 9.80 Å². The number of nitrogens with one attached hydrogen (secondary N) is 1. The second-order valence-electron chi connectivity index (χ2n) is 8.18. The van der Waals surface area contributed by atoms with Crippen LogP contribution < -0.4 is 5.32 Å². The summed E-state index contributed by atoms with van der Waals surface area (Å²) in [6.07, 6.45) is 2.00. The highest BCUT2D eigenvalue weighted by Crippen LogP contribution is 2.27. The Labute approximate surface area is 183 Å². The molecule has 2 amide bonds. The number of amides is 2. The molecule has 30 heavy (non-hydrogen) atoms. The third-order valence-corrected chi connectivity index (χ3v) is 6.72. The number of benzene rings is 2. The number of carbonyl (C=O) groups excluding carboxylic acids is 2. The number of hydrogen-bond acceptors (Lipinski definition) is 4. The molecule has 1 fully saturated rings. The van der Waals surface area contributed by atoms with Crippen LogP contribution in [0.15, 0.2) is 59.5 Å². The van der Waals surface area contributed by atoms with Gasteiger partial charge in [-0.3, -0.25) is 14.5 Å². The molecule has 1 aliphatic rings. The van der Waals surface area contributed by atoms with Crippen LogP contribution in [0.5, 0.6) is 0 Å². The molecule has 0 radical (unpaired) electrons. The lowest BCUT2D eigenvalue weighted by Gasteiger charge is -2.40. The van der Waals surface area contributed by atoms with Crippen LogP contribution in [0.1, 0.15) is 26.3 Å². The molecule has 1 saturated heterocycles. The first-order valence-corrected chi connectivity index (χ1v) is 11.6. The maximum absolute atomic E-state index is 13.2. The van der Waals surface area contributed by atoms with E-state index in [1.807, 2.05) is 86.5 Å². The number of hydrogen-bond donors (Lipinski definition) is 1. The number of rotatable bonds is 6. The summed E-state index contributed by atoms with van der Waals surface area (Å²) in [5, 5.41) is 3.06. The van der Waals surface area contributed by atoms with E-state index >= 15 is 0 Å². The number of anilines is 1. The summed E-state index contributed by atoms with van der Waals surface area (Å²) >= 11 is 1.62. The normalized spacial score (nSPS) is 16.2. The summed E-state index contributed by atoms with van der Waals surface area (Å²) in [6.45, 7) is 8.54. The molecule has 0 aliphatic carbocycles. The predicted octanol–water partition coefficient (Wildman–Crippen LogP) is 3.86. The molecular formula is C24H31N3O2S. The third-order valence-electron chi connectivity index (χ3n) is 5.92. The van der Waals surface area contributed by atoms with Gasteiger partial charge in [0.1, 0.15) is 0 Å². The summed E-state index contributed by atoms with van der Waals surface area (Å²) in [5.74, 6) is 0.125. The van der Waals surface area contributed by atoms with Crippen LogP contribution in [-0.2, 0) is 15.0 Å².